The SMILES string of the molecule is CN(C)C(=O)C1CCN(c2cccc(Br)c2)C1. The number of hydrogen-bond donors (Lipinski definition) is 0. The summed E-state index contributed by atoms with van der Waals surface area (Å²) in [6.07, 6.45) is 0.948. The third kappa shape index (κ3) is 2.80. The van der Waals surface area contributed by atoms with Crippen LogP contribution in [-0.2, 0) is 4.79 Å². The number of amides is 1. The van der Waals surface area contributed by atoms with E-state index in [1.54, 1.807) is 4.90 Å². The predicted octanol–water partition coefficient (Wildman–Crippen LogP) is 2.36. The lowest BCUT2D eigenvalue weighted by atomic mass is 10.1. The first-order valence-electron chi connectivity index (χ1n) is 5.79. The van der Waals surface area contributed by atoms with Crippen LogP contribution >= 0.6 is 15.9 Å². The van der Waals surface area contributed by atoms with Gasteiger partial charge in [0, 0.05) is 37.3 Å². The zero-order valence-electron chi connectivity index (χ0n) is 10.2. The molecule has 1 aromatic rings. The summed E-state index contributed by atoms with van der Waals surface area (Å²) in [6.45, 7) is 1.79. The third-order valence-corrected chi connectivity index (χ3v) is 3.64. The van der Waals surface area contributed by atoms with Crippen molar-refractivity contribution in [2.75, 3.05) is 32.1 Å². The standard InChI is InChI=1S/C13H17BrN2O/c1-15(2)13(17)10-6-7-16(9-10)12-5-3-4-11(14)8-12/h3-5,8,10H,6-7,9H2,1-2H3. The van der Waals surface area contributed by atoms with E-state index in [2.05, 4.69) is 33.0 Å². The van der Waals surface area contributed by atoms with Crippen molar-refractivity contribution in [3.8, 4) is 0 Å². The molecular formula is C13H17BrN2O. The van der Waals surface area contributed by atoms with E-state index < -0.39 is 0 Å². The highest BCUT2D eigenvalue weighted by Gasteiger charge is 2.29. The Bertz CT molecular complexity index is 420. The molecule has 1 heterocycles. The number of rotatable bonds is 2. The number of nitrogens with zero attached hydrogens (tertiary/aromatic N) is 2. The zero-order chi connectivity index (χ0) is 12.4. The van der Waals surface area contributed by atoms with Crippen LogP contribution in [0.25, 0.3) is 0 Å². The Morgan fingerprint density at radius 1 is 1.47 bits per heavy atom. The van der Waals surface area contributed by atoms with Crippen LogP contribution in [0.4, 0.5) is 5.69 Å². The first kappa shape index (κ1) is 12.4. The first-order valence-corrected chi connectivity index (χ1v) is 6.59. The minimum absolute atomic E-state index is 0.143. The monoisotopic (exact) mass is 296 g/mol. The van der Waals surface area contributed by atoms with Crippen molar-refractivity contribution in [2.24, 2.45) is 5.92 Å². The molecule has 0 N–H and O–H groups in total. The molecule has 0 saturated carbocycles. The molecule has 3 nitrogen and oxygen atoms in total. The lowest BCUT2D eigenvalue weighted by Crippen LogP contribution is -2.31. The molecule has 1 unspecified atom stereocenters. The molecule has 1 saturated heterocycles. The lowest BCUT2D eigenvalue weighted by Gasteiger charge is -2.20. The van der Waals surface area contributed by atoms with Gasteiger partial charge < -0.3 is 9.80 Å². The molecule has 1 atom stereocenters. The molecule has 1 aromatic carbocycles. The minimum atomic E-state index is 0.143. The van der Waals surface area contributed by atoms with E-state index in [0.717, 1.165) is 24.0 Å². The average Bonchev–Trinajstić information content (AvgIpc) is 2.77. The van der Waals surface area contributed by atoms with E-state index in [-0.39, 0.29) is 11.8 Å². The summed E-state index contributed by atoms with van der Waals surface area (Å²) in [4.78, 5) is 15.8. The normalized spacial score (nSPS) is 19.5. The summed E-state index contributed by atoms with van der Waals surface area (Å²) in [5.41, 5.74) is 1.19. The van der Waals surface area contributed by atoms with Crippen molar-refractivity contribution in [2.45, 2.75) is 6.42 Å². The summed E-state index contributed by atoms with van der Waals surface area (Å²) < 4.78 is 1.08. The number of anilines is 1. The third-order valence-electron chi connectivity index (χ3n) is 3.15. The van der Waals surface area contributed by atoms with Crippen LogP contribution in [0.15, 0.2) is 28.7 Å². The molecule has 0 aliphatic carbocycles. The number of hydrogen-bond acceptors (Lipinski definition) is 2. The van der Waals surface area contributed by atoms with Gasteiger partial charge in [-0.3, -0.25) is 4.79 Å². The van der Waals surface area contributed by atoms with Gasteiger partial charge in [0.05, 0.1) is 5.92 Å². The van der Waals surface area contributed by atoms with Crippen molar-refractivity contribution in [3.63, 3.8) is 0 Å². The van der Waals surface area contributed by atoms with Gasteiger partial charge in [0.2, 0.25) is 5.91 Å². The smallest absolute Gasteiger partial charge is 0.227 e. The predicted molar refractivity (Wildman–Crippen MR) is 73.2 cm³/mol. The van der Waals surface area contributed by atoms with Crippen molar-refractivity contribution in [3.05, 3.63) is 28.7 Å². The lowest BCUT2D eigenvalue weighted by molar-refractivity contribution is -0.132. The second-order valence-electron chi connectivity index (χ2n) is 4.64. The number of carbonyl (C=O) groups is 1. The van der Waals surface area contributed by atoms with Crippen molar-refractivity contribution in [1.29, 1.82) is 0 Å². The topological polar surface area (TPSA) is 23.6 Å². The summed E-state index contributed by atoms with van der Waals surface area (Å²) in [5, 5.41) is 0. The molecule has 0 aromatic heterocycles. The van der Waals surface area contributed by atoms with Crippen LogP contribution in [0.2, 0.25) is 0 Å². The molecular weight excluding hydrogens is 280 g/mol. The van der Waals surface area contributed by atoms with Gasteiger partial charge >= 0.3 is 0 Å². The highest BCUT2D eigenvalue weighted by molar-refractivity contribution is 9.10. The fourth-order valence-electron chi connectivity index (χ4n) is 2.23. The number of carbonyl (C=O) groups excluding carboxylic acids is 1. The van der Waals surface area contributed by atoms with Crippen LogP contribution in [0.1, 0.15) is 6.42 Å². The van der Waals surface area contributed by atoms with Crippen molar-refractivity contribution >= 4 is 27.5 Å². The quantitative estimate of drug-likeness (QED) is 0.836. The first-order chi connectivity index (χ1) is 8.08. The zero-order valence-corrected chi connectivity index (χ0v) is 11.8. The van der Waals surface area contributed by atoms with Gasteiger partial charge in [-0.2, -0.15) is 0 Å². The van der Waals surface area contributed by atoms with Gasteiger partial charge in [0.1, 0.15) is 0 Å². The Balaban J connectivity index is 2.05. The Morgan fingerprint density at radius 2 is 2.24 bits per heavy atom. The van der Waals surface area contributed by atoms with Crippen molar-refractivity contribution in [1.82, 2.24) is 4.90 Å². The summed E-state index contributed by atoms with van der Waals surface area (Å²) >= 11 is 3.47. The van der Waals surface area contributed by atoms with E-state index >= 15 is 0 Å². The molecule has 1 fully saturated rings. The molecule has 1 aliphatic rings. The highest BCUT2D eigenvalue weighted by atomic mass is 79.9. The second kappa shape index (κ2) is 5.08. The molecule has 0 bridgehead atoms. The second-order valence-corrected chi connectivity index (χ2v) is 5.56. The van der Waals surface area contributed by atoms with Gasteiger partial charge in [0.25, 0.3) is 0 Å². The molecule has 1 aliphatic heterocycles. The minimum Gasteiger partial charge on any atom is -0.371 e. The van der Waals surface area contributed by atoms with E-state index in [1.165, 1.54) is 5.69 Å². The van der Waals surface area contributed by atoms with Crippen LogP contribution < -0.4 is 4.90 Å². The molecule has 4 heteroatoms. The van der Waals surface area contributed by atoms with Crippen molar-refractivity contribution < 1.29 is 4.79 Å². The maximum Gasteiger partial charge on any atom is 0.227 e. The Morgan fingerprint density at radius 3 is 2.88 bits per heavy atom. The maximum absolute atomic E-state index is 11.9. The van der Waals surface area contributed by atoms with E-state index in [1.807, 2.05) is 26.2 Å². The van der Waals surface area contributed by atoms with Gasteiger partial charge in [-0.25, -0.2) is 0 Å². The Kier molecular flexibility index (Phi) is 3.72. The highest BCUT2D eigenvalue weighted by Crippen LogP contribution is 2.26. The average molecular weight is 297 g/mol. The molecule has 0 radical (unpaired) electrons. The van der Waals surface area contributed by atoms with E-state index in [9.17, 15) is 4.79 Å². The van der Waals surface area contributed by atoms with Crippen LogP contribution in [0.5, 0.6) is 0 Å². The van der Waals surface area contributed by atoms with Gasteiger partial charge in [-0.05, 0) is 24.6 Å². The van der Waals surface area contributed by atoms with E-state index in [0.29, 0.717) is 0 Å². The Hall–Kier alpha value is -1.03. The molecule has 17 heavy (non-hydrogen) atoms. The van der Waals surface area contributed by atoms with E-state index in [4.69, 9.17) is 0 Å². The largest absolute Gasteiger partial charge is 0.371 e. The van der Waals surface area contributed by atoms with Crippen LogP contribution in [0.3, 0.4) is 0 Å². The molecule has 0 spiro atoms. The molecule has 1 amide bonds. The maximum atomic E-state index is 11.9. The van der Waals surface area contributed by atoms with Gasteiger partial charge in [-0.1, -0.05) is 22.0 Å². The number of benzene rings is 1. The van der Waals surface area contributed by atoms with Gasteiger partial charge in [-0.15, -0.1) is 0 Å². The Labute approximate surface area is 111 Å². The molecule has 92 valence electrons. The van der Waals surface area contributed by atoms with Crippen LogP contribution in [-0.4, -0.2) is 38.0 Å². The number of halogens is 1. The summed E-state index contributed by atoms with van der Waals surface area (Å²) in [7, 11) is 3.65. The van der Waals surface area contributed by atoms with Crippen LogP contribution in [0, 0.1) is 5.92 Å². The molecule has 2 rings (SSSR count). The summed E-state index contributed by atoms with van der Waals surface area (Å²) in [5.74, 6) is 0.381. The summed E-state index contributed by atoms with van der Waals surface area (Å²) in [6, 6.07) is 8.23. The fourth-order valence-corrected chi connectivity index (χ4v) is 2.62. The van der Waals surface area contributed by atoms with Gasteiger partial charge in [0.15, 0.2) is 0 Å². The fraction of sp³-hybridized carbons (Fsp3) is 0.462.